The highest BCUT2D eigenvalue weighted by Crippen LogP contribution is 2.26. The largest absolute Gasteiger partial charge is 0.398 e. The molecular weight excluding hydrogens is 267 g/mol. The van der Waals surface area contributed by atoms with Gasteiger partial charge in [0.1, 0.15) is 5.82 Å². The number of nitrogen functional groups attached to an aromatic ring is 1. The number of halogens is 1. The van der Waals surface area contributed by atoms with E-state index in [0.29, 0.717) is 22.7 Å². The summed E-state index contributed by atoms with van der Waals surface area (Å²) in [4.78, 5) is 8.96. The van der Waals surface area contributed by atoms with Crippen LogP contribution in [-0.4, -0.2) is 14.4 Å². The van der Waals surface area contributed by atoms with Gasteiger partial charge < -0.3 is 5.73 Å². The Balaban J connectivity index is 1.98. The fraction of sp³-hybridized carbons (Fsp3) is 0. The average molecular weight is 278 g/mol. The van der Waals surface area contributed by atoms with Crippen molar-refractivity contribution in [3.63, 3.8) is 0 Å². The number of hydrogen-bond donors (Lipinski definition) is 1. The van der Waals surface area contributed by atoms with Gasteiger partial charge in [0.15, 0.2) is 0 Å². The topological polar surface area (TPSA) is 56.2 Å². The van der Waals surface area contributed by atoms with Gasteiger partial charge in [-0.2, -0.15) is 0 Å². The first kappa shape index (κ1) is 11.8. The number of imidazole rings is 1. The van der Waals surface area contributed by atoms with Gasteiger partial charge in [-0.05, 0) is 36.4 Å². The quantitative estimate of drug-likeness (QED) is 0.544. The second-order valence-electron chi connectivity index (χ2n) is 4.81. The van der Waals surface area contributed by atoms with Gasteiger partial charge in [-0.1, -0.05) is 12.1 Å². The van der Waals surface area contributed by atoms with Gasteiger partial charge in [0.05, 0.1) is 16.7 Å². The van der Waals surface area contributed by atoms with Crippen molar-refractivity contribution >= 4 is 22.5 Å². The van der Waals surface area contributed by atoms with E-state index in [1.807, 2.05) is 40.9 Å². The number of nitrogens with zero attached hydrogens (tertiary/aromatic N) is 3. The van der Waals surface area contributed by atoms with E-state index >= 15 is 0 Å². The summed E-state index contributed by atoms with van der Waals surface area (Å²) in [5, 5.41) is 0. The summed E-state index contributed by atoms with van der Waals surface area (Å²) in [6.45, 7) is 0. The third kappa shape index (κ3) is 1.82. The highest BCUT2D eigenvalue weighted by atomic mass is 19.1. The number of anilines is 1. The molecule has 0 aliphatic heterocycles. The van der Waals surface area contributed by atoms with Gasteiger partial charge in [-0.15, -0.1) is 0 Å². The van der Waals surface area contributed by atoms with Crippen molar-refractivity contribution in [1.82, 2.24) is 14.4 Å². The van der Waals surface area contributed by atoms with Gasteiger partial charge in [-0.3, -0.25) is 4.40 Å². The van der Waals surface area contributed by atoms with E-state index in [9.17, 15) is 4.39 Å². The molecule has 0 aliphatic rings. The highest BCUT2D eigenvalue weighted by Gasteiger charge is 2.09. The third-order valence-corrected chi connectivity index (χ3v) is 3.47. The lowest BCUT2D eigenvalue weighted by atomic mass is 10.1. The van der Waals surface area contributed by atoms with Crippen LogP contribution >= 0.6 is 0 Å². The molecule has 0 bridgehead atoms. The van der Waals surface area contributed by atoms with Crippen molar-refractivity contribution in [2.45, 2.75) is 0 Å². The Morgan fingerprint density at radius 3 is 2.76 bits per heavy atom. The van der Waals surface area contributed by atoms with Gasteiger partial charge in [0.25, 0.3) is 0 Å². The average Bonchev–Trinajstić information content (AvgIpc) is 2.87. The maximum atomic E-state index is 13.4. The van der Waals surface area contributed by atoms with E-state index in [0.717, 1.165) is 11.0 Å². The van der Waals surface area contributed by atoms with Crippen molar-refractivity contribution in [3.05, 3.63) is 60.5 Å². The van der Waals surface area contributed by atoms with Crippen LogP contribution < -0.4 is 5.73 Å². The summed E-state index contributed by atoms with van der Waals surface area (Å²) >= 11 is 0. The number of benzene rings is 2. The molecule has 4 nitrogen and oxygen atoms in total. The van der Waals surface area contributed by atoms with Crippen LogP contribution in [0.25, 0.3) is 28.1 Å². The monoisotopic (exact) mass is 278 g/mol. The van der Waals surface area contributed by atoms with Gasteiger partial charge in [0, 0.05) is 17.4 Å². The Hall–Kier alpha value is -2.95. The molecule has 4 rings (SSSR count). The number of fused-ring (bicyclic) bond motifs is 3. The van der Waals surface area contributed by atoms with Gasteiger partial charge >= 0.3 is 0 Å². The zero-order valence-corrected chi connectivity index (χ0v) is 11.0. The predicted octanol–water partition coefficient (Wildman–Crippen LogP) is 3.27. The van der Waals surface area contributed by atoms with Crippen LogP contribution in [0.1, 0.15) is 0 Å². The van der Waals surface area contributed by atoms with Crippen LogP contribution in [0.15, 0.2) is 54.7 Å². The minimum absolute atomic E-state index is 0.339. The molecule has 0 radical (unpaired) electrons. The molecule has 102 valence electrons. The van der Waals surface area contributed by atoms with Crippen LogP contribution in [0, 0.1) is 5.82 Å². The van der Waals surface area contributed by atoms with Gasteiger partial charge in [-0.25, -0.2) is 14.4 Å². The molecule has 2 heterocycles. The summed E-state index contributed by atoms with van der Waals surface area (Å²) in [5.41, 5.74) is 9.43. The number of para-hydroxylation sites is 2. The van der Waals surface area contributed by atoms with Crippen molar-refractivity contribution in [1.29, 1.82) is 0 Å². The van der Waals surface area contributed by atoms with Crippen molar-refractivity contribution in [3.8, 4) is 11.3 Å². The molecule has 0 amide bonds. The second kappa shape index (κ2) is 4.28. The zero-order chi connectivity index (χ0) is 14.4. The molecule has 2 aromatic carbocycles. The Morgan fingerprint density at radius 1 is 1.00 bits per heavy atom. The van der Waals surface area contributed by atoms with Crippen LogP contribution in [0.5, 0.6) is 0 Å². The summed E-state index contributed by atoms with van der Waals surface area (Å²) in [7, 11) is 0. The minimum atomic E-state index is -0.339. The molecule has 0 saturated carbocycles. The summed E-state index contributed by atoms with van der Waals surface area (Å²) in [5.74, 6) is 0.228. The lowest BCUT2D eigenvalue weighted by molar-refractivity contribution is 0.628. The Morgan fingerprint density at radius 2 is 1.86 bits per heavy atom. The number of rotatable bonds is 1. The number of nitrogens with two attached hydrogens (primary N) is 1. The fourth-order valence-corrected chi connectivity index (χ4v) is 2.45. The Kier molecular flexibility index (Phi) is 2.41. The van der Waals surface area contributed by atoms with Crippen LogP contribution in [0.3, 0.4) is 0 Å². The lowest BCUT2D eigenvalue weighted by Gasteiger charge is -2.05. The smallest absolute Gasteiger partial charge is 0.235 e. The van der Waals surface area contributed by atoms with E-state index in [1.54, 1.807) is 6.07 Å². The van der Waals surface area contributed by atoms with Crippen LogP contribution in [0.2, 0.25) is 0 Å². The van der Waals surface area contributed by atoms with Crippen molar-refractivity contribution < 1.29 is 4.39 Å². The molecule has 0 atom stereocenters. The Bertz CT molecular complexity index is 975. The van der Waals surface area contributed by atoms with E-state index < -0.39 is 0 Å². The fourth-order valence-electron chi connectivity index (χ4n) is 2.45. The highest BCUT2D eigenvalue weighted by molar-refractivity contribution is 5.81. The van der Waals surface area contributed by atoms with Gasteiger partial charge in [0.2, 0.25) is 5.78 Å². The summed E-state index contributed by atoms with van der Waals surface area (Å²) in [6, 6.07) is 13.9. The molecular formula is C16H11FN4. The molecule has 21 heavy (non-hydrogen) atoms. The maximum Gasteiger partial charge on any atom is 0.235 e. The second-order valence-corrected chi connectivity index (χ2v) is 4.81. The molecule has 0 aliphatic carbocycles. The Labute approximate surface area is 119 Å². The molecule has 0 saturated heterocycles. The van der Waals surface area contributed by atoms with Crippen LogP contribution in [0.4, 0.5) is 10.1 Å². The summed E-state index contributed by atoms with van der Waals surface area (Å²) in [6.07, 6.45) is 1.87. The third-order valence-electron chi connectivity index (χ3n) is 3.47. The molecule has 4 aromatic rings. The molecule has 0 unspecified atom stereocenters. The van der Waals surface area contributed by atoms with E-state index in [-0.39, 0.29) is 5.82 Å². The normalized spacial score (nSPS) is 11.3. The SMILES string of the molecule is Nc1ccc(F)cc1-c1ccn2c(n1)nc1ccccc12. The standard InChI is InChI=1S/C16H11FN4/c17-10-5-6-12(18)11(9-10)13-7-8-21-15-4-2-1-3-14(15)20-16(21)19-13/h1-9H,18H2. The van der Waals surface area contributed by atoms with E-state index in [2.05, 4.69) is 9.97 Å². The predicted molar refractivity (Wildman–Crippen MR) is 80.3 cm³/mol. The maximum absolute atomic E-state index is 13.4. The van der Waals surface area contributed by atoms with Crippen molar-refractivity contribution in [2.75, 3.05) is 5.73 Å². The molecule has 2 N–H and O–H groups in total. The lowest BCUT2D eigenvalue weighted by Crippen LogP contribution is -1.95. The van der Waals surface area contributed by atoms with Crippen LogP contribution in [-0.2, 0) is 0 Å². The molecule has 0 fully saturated rings. The van der Waals surface area contributed by atoms with E-state index in [4.69, 9.17) is 5.73 Å². The zero-order valence-electron chi connectivity index (χ0n) is 11.0. The van der Waals surface area contributed by atoms with Crippen molar-refractivity contribution in [2.24, 2.45) is 0 Å². The molecule has 0 spiro atoms. The van der Waals surface area contributed by atoms with E-state index in [1.165, 1.54) is 12.1 Å². The number of hydrogen-bond acceptors (Lipinski definition) is 3. The molecule has 2 aromatic heterocycles. The minimum Gasteiger partial charge on any atom is -0.398 e. The first-order chi connectivity index (χ1) is 10.2. The molecule has 5 heteroatoms. The number of aromatic nitrogens is 3. The summed E-state index contributed by atoms with van der Waals surface area (Å²) < 4.78 is 15.3. The first-order valence-electron chi connectivity index (χ1n) is 6.51. The first-order valence-corrected chi connectivity index (χ1v) is 6.51.